The van der Waals surface area contributed by atoms with E-state index in [1.165, 1.54) is 12.4 Å². The number of amidine groups is 1. The third-order valence-corrected chi connectivity index (χ3v) is 5.93. The van der Waals surface area contributed by atoms with E-state index >= 15 is 0 Å². The van der Waals surface area contributed by atoms with Gasteiger partial charge in [0.15, 0.2) is 11.0 Å². The Bertz CT molecular complexity index is 704. The molecule has 22 heavy (non-hydrogen) atoms. The lowest BCUT2D eigenvalue weighted by Crippen LogP contribution is -2.39. The predicted octanol–water partition coefficient (Wildman–Crippen LogP) is 1.47. The van der Waals surface area contributed by atoms with E-state index in [4.69, 9.17) is 10.7 Å². The first kappa shape index (κ1) is 13.9. The van der Waals surface area contributed by atoms with Crippen molar-refractivity contribution in [3.63, 3.8) is 0 Å². The number of nitrogens with two attached hydrogens (primary N) is 1. The molecule has 0 aromatic carbocycles. The molecule has 6 nitrogen and oxygen atoms in total. The number of nitrogens with zero attached hydrogens (tertiary/aromatic N) is 5. The summed E-state index contributed by atoms with van der Waals surface area (Å²) in [7, 11) is 0. The lowest BCUT2D eigenvalue weighted by atomic mass is 9.87. The van der Waals surface area contributed by atoms with Crippen LogP contribution < -0.4 is 10.6 Å². The van der Waals surface area contributed by atoms with E-state index in [2.05, 4.69) is 15.0 Å². The molecule has 2 aliphatic heterocycles. The number of anilines is 1. The van der Waals surface area contributed by atoms with Crippen molar-refractivity contribution in [2.75, 3.05) is 23.7 Å². The Kier molecular flexibility index (Phi) is 3.26. The number of fused-ring (bicyclic) bond motifs is 1. The van der Waals surface area contributed by atoms with E-state index in [1.54, 1.807) is 23.1 Å². The molecule has 0 amide bonds. The lowest BCUT2D eigenvalue weighted by Gasteiger charge is -2.32. The minimum absolute atomic E-state index is 0.305. The summed E-state index contributed by atoms with van der Waals surface area (Å²) in [5, 5.41) is 0.603. The quantitative estimate of drug-likeness (QED) is 0.894. The SMILES string of the molecule is NC1=NC2(c3cncs3)CN(c3ncc(F)cn3)C[C@H]2CS1. The van der Waals surface area contributed by atoms with Gasteiger partial charge in [0.2, 0.25) is 5.95 Å². The largest absolute Gasteiger partial charge is 0.379 e. The maximum atomic E-state index is 13.0. The molecule has 2 aromatic heterocycles. The average molecular weight is 336 g/mol. The normalized spacial score (nSPS) is 27.6. The zero-order chi connectivity index (χ0) is 15.2. The van der Waals surface area contributed by atoms with Gasteiger partial charge in [0.1, 0.15) is 5.54 Å². The van der Waals surface area contributed by atoms with Crippen LogP contribution in [-0.2, 0) is 5.54 Å². The summed E-state index contributed by atoms with van der Waals surface area (Å²) in [6.45, 7) is 1.40. The summed E-state index contributed by atoms with van der Waals surface area (Å²) in [6, 6.07) is 0. The van der Waals surface area contributed by atoms with Crippen LogP contribution in [0.25, 0.3) is 0 Å². The monoisotopic (exact) mass is 336 g/mol. The molecule has 0 aliphatic carbocycles. The summed E-state index contributed by atoms with van der Waals surface area (Å²) < 4.78 is 13.0. The van der Waals surface area contributed by atoms with Crippen molar-refractivity contribution in [3.05, 3.63) is 34.8 Å². The highest BCUT2D eigenvalue weighted by atomic mass is 32.2. The summed E-state index contributed by atoms with van der Waals surface area (Å²) in [6.07, 6.45) is 4.24. The summed E-state index contributed by atoms with van der Waals surface area (Å²) in [5.41, 5.74) is 7.40. The van der Waals surface area contributed by atoms with E-state index in [0.29, 0.717) is 23.6 Å². The zero-order valence-corrected chi connectivity index (χ0v) is 13.1. The fourth-order valence-corrected chi connectivity index (χ4v) is 4.84. The summed E-state index contributed by atoms with van der Waals surface area (Å²) in [5.74, 6) is 1.29. The molecule has 0 spiro atoms. The van der Waals surface area contributed by atoms with Crippen molar-refractivity contribution < 1.29 is 4.39 Å². The molecule has 2 N–H and O–H groups in total. The van der Waals surface area contributed by atoms with Crippen molar-refractivity contribution in [1.82, 2.24) is 15.0 Å². The van der Waals surface area contributed by atoms with Crippen molar-refractivity contribution in [1.29, 1.82) is 0 Å². The smallest absolute Gasteiger partial charge is 0.225 e. The van der Waals surface area contributed by atoms with Crippen LogP contribution in [0, 0.1) is 11.7 Å². The zero-order valence-electron chi connectivity index (χ0n) is 11.5. The van der Waals surface area contributed by atoms with Gasteiger partial charge in [0.25, 0.3) is 0 Å². The first-order chi connectivity index (χ1) is 10.7. The number of aromatic nitrogens is 3. The minimum atomic E-state index is -0.435. The van der Waals surface area contributed by atoms with Gasteiger partial charge in [0, 0.05) is 24.4 Å². The first-order valence-electron chi connectivity index (χ1n) is 6.77. The molecule has 2 aromatic rings. The minimum Gasteiger partial charge on any atom is -0.379 e. The van der Waals surface area contributed by atoms with E-state index in [9.17, 15) is 4.39 Å². The van der Waals surface area contributed by atoms with Crippen molar-refractivity contribution >= 4 is 34.2 Å². The molecule has 1 saturated heterocycles. The molecular weight excluding hydrogens is 323 g/mol. The van der Waals surface area contributed by atoms with Gasteiger partial charge in [-0.25, -0.2) is 19.4 Å². The Morgan fingerprint density at radius 3 is 2.86 bits per heavy atom. The standard InChI is InChI=1S/C13H13FN6S2/c14-9-1-17-12(18-2-9)20-4-8-5-21-11(15)19-13(8,6-20)10-3-16-7-22-10/h1-3,7-8H,4-6H2,(H2,15,19)/t8-,13?/m0/s1. The van der Waals surface area contributed by atoms with Crippen LogP contribution in [0.4, 0.5) is 10.3 Å². The molecule has 4 rings (SSSR count). The van der Waals surface area contributed by atoms with Gasteiger partial charge in [-0.3, -0.25) is 4.98 Å². The highest BCUT2D eigenvalue weighted by Crippen LogP contribution is 2.47. The van der Waals surface area contributed by atoms with Gasteiger partial charge in [-0.15, -0.1) is 11.3 Å². The molecule has 114 valence electrons. The van der Waals surface area contributed by atoms with Crippen molar-refractivity contribution in [2.24, 2.45) is 16.6 Å². The summed E-state index contributed by atoms with van der Waals surface area (Å²) >= 11 is 3.16. The highest BCUT2D eigenvalue weighted by Gasteiger charge is 2.51. The van der Waals surface area contributed by atoms with Gasteiger partial charge < -0.3 is 10.6 Å². The second kappa shape index (κ2) is 5.17. The number of aliphatic imine (C=N–C) groups is 1. The third-order valence-electron chi connectivity index (χ3n) is 4.04. The molecule has 2 aliphatic rings. The van der Waals surface area contributed by atoms with Crippen LogP contribution >= 0.6 is 23.1 Å². The number of halogens is 1. The molecule has 9 heteroatoms. The number of hydrogen-bond acceptors (Lipinski definition) is 8. The second-order valence-corrected chi connectivity index (χ2v) is 7.26. The van der Waals surface area contributed by atoms with Gasteiger partial charge in [0.05, 0.1) is 29.3 Å². The van der Waals surface area contributed by atoms with Gasteiger partial charge >= 0.3 is 0 Å². The van der Waals surface area contributed by atoms with Crippen LogP contribution in [0.3, 0.4) is 0 Å². The molecule has 1 unspecified atom stereocenters. The maximum Gasteiger partial charge on any atom is 0.225 e. The van der Waals surface area contributed by atoms with Crippen LogP contribution in [-0.4, -0.2) is 39.0 Å². The van der Waals surface area contributed by atoms with Crippen LogP contribution in [0.5, 0.6) is 0 Å². The third kappa shape index (κ3) is 2.15. The van der Waals surface area contributed by atoms with E-state index in [-0.39, 0.29) is 0 Å². The summed E-state index contributed by atoms with van der Waals surface area (Å²) in [4.78, 5) is 20.3. The van der Waals surface area contributed by atoms with E-state index < -0.39 is 11.4 Å². The highest BCUT2D eigenvalue weighted by molar-refractivity contribution is 8.13. The van der Waals surface area contributed by atoms with Gasteiger partial charge in [-0.05, 0) is 0 Å². The molecule has 0 saturated carbocycles. The molecule has 1 fully saturated rings. The topological polar surface area (TPSA) is 80.3 Å². The maximum absolute atomic E-state index is 13.0. The van der Waals surface area contributed by atoms with E-state index in [1.807, 2.05) is 16.6 Å². The van der Waals surface area contributed by atoms with Crippen LogP contribution in [0.1, 0.15) is 4.88 Å². The Morgan fingerprint density at radius 1 is 1.32 bits per heavy atom. The predicted molar refractivity (Wildman–Crippen MR) is 85.6 cm³/mol. The Balaban J connectivity index is 1.73. The fourth-order valence-electron chi connectivity index (χ4n) is 3.02. The Morgan fingerprint density at radius 2 is 2.14 bits per heavy atom. The Hall–Kier alpha value is -1.74. The molecule has 2 atom stereocenters. The molecule has 4 heterocycles. The first-order valence-corrected chi connectivity index (χ1v) is 8.63. The Labute approximate surface area is 134 Å². The molecule has 0 radical (unpaired) electrons. The van der Waals surface area contributed by atoms with Crippen molar-refractivity contribution in [2.45, 2.75) is 5.54 Å². The van der Waals surface area contributed by atoms with Crippen LogP contribution in [0.2, 0.25) is 0 Å². The molecular formula is C13H13FN6S2. The number of rotatable bonds is 2. The number of thioether (sulfide) groups is 1. The average Bonchev–Trinajstić information content (AvgIpc) is 3.15. The number of thiazole rings is 1. The van der Waals surface area contributed by atoms with Gasteiger partial charge in [-0.2, -0.15) is 0 Å². The van der Waals surface area contributed by atoms with Crippen molar-refractivity contribution in [3.8, 4) is 0 Å². The fraction of sp³-hybridized carbons (Fsp3) is 0.385. The number of hydrogen-bond donors (Lipinski definition) is 1. The molecule has 0 bridgehead atoms. The lowest BCUT2D eigenvalue weighted by molar-refractivity contribution is 0.394. The second-order valence-electron chi connectivity index (χ2n) is 5.33. The van der Waals surface area contributed by atoms with Gasteiger partial charge in [-0.1, -0.05) is 11.8 Å². The van der Waals surface area contributed by atoms with E-state index in [0.717, 1.165) is 17.2 Å². The van der Waals surface area contributed by atoms with Crippen LogP contribution in [0.15, 0.2) is 29.1 Å².